The quantitative estimate of drug-likeness (QED) is 0.132. The number of carbonyl (C=O) groups is 2. The molecule has 270 valence electrons. The molecule has 52 heavy (non-hydrogen) atoms. The van der Waals surface area contributed by atoms with Crippen molar-refractivity contribution in [3.05, 3.63) is 137 Å². The summed E-state index contributed by atoms with van der Waals surface area (Å²) >= 11 is 0. The SMILES string of the molecule is CC(C)=CCC/C(C)=C/CN1C(=O)[C@](O)([C@H](C)/C=C/CCn2cc(C(CO)c3ccccc3)nn2)c2cc(N3C(=O)CCc4ccccc43)ccc21. The van der Waals surface area contributed by atoms with E-state index >= 15 is 0 Å². The Morgan fingerprint density at radius 3 is 2.48 bits per heavy atom. The fourth-order valence-electron chi connectivity index (χ4n) is 7.19. The van der Waals surface area contributed by atoms with E-state index in [2.05, 4.69) is 43.2 Å². The highest BCUT2D eigenvalue weighted by molar-refractivity contribution is 6.09. The first kappa shape index (κ1) is 36.7. The Labute approximate surface area is 306 Å². The third kappa shape index (κ3) is 7.56. The summed E-state index contributed by atoms with van der Waals surface area (Å²) in [6.45, 7) is 8.91. The lowest BCUT2D eigenvalue weighted by atomic mass is 9.82. The predicted octanol–water partition coefficient (Wildman–Crippen LogP) is 7.52. The van der Waals surface area contributed by atoms with Gasteiger partial charge in [-0.3, -0.25) is 19.2 Å². The molecule has 9 nitrogen and oxygen atoms in total. The van der Waals surface area contributed by atoms with Gasteiger partial charge in [0, 0.05) is 42.9 Å². The zero-order valence-electron chi connectivity index (χ0n) is 30.6. The number of aryl methyl sites for hydroxylation is 2. The standard InChI is InChI=1S/C43H49N5O4/c1-30(2)13-12-14-31(3)24-26-47-40-22-21-35(48-39-19-9-8-18-34(39)20-23-41(48)50)27-37(40)43(52,42(47)51)32(4)15-10-11-25-46-28-38(44-45-46)36(29-49)33-16-6-5-7-17-33/h5-10,13,15-19,21-22,24,27-28,32,36,49,52H,11-12,14,20,23,25-26,29H2,1-4H3/b15-10+,31-24+/t32-,36?,43+/m1/s1. The monoisotopic (exact) mass is 699 g/mol. The van der Waals surface area contributed by atoms with E-state index in [9.17, 15) is 19.8 Å². The molecule has 2 amide bonds. The lowest BCUT2D eigenvalue weighted by Crippen LogP contribution is -2.44. The van der Waals surface area contributed by atoms with Gasteiger partial charge in [0.2, 0.25) is 5.91 Å². The molecular weight excluding hydrogens is 651 g/mol. The minimum Gasteiger partial charge on any atom is -0.395 e. The van der Waals surface area contributed by atoms with Crippen LogP contribution in [-0.4, -0.2) is 50.2 Å². The Bertz CT molecular complexity index is 1990. The molecule has 3 heterocycles. The minimum atomic E-state index is -1.84. The molecule has 4 aromatic rings. The highest BCUT2D eigenvalue weighted by atomic mass is 16.3. The van der Waals surface area contributed by atoms with Crippen LogP contribution in [0.25, 0.3) is 0 Å². The first-order valence-electron chi connectivity index (χ1n) is 18.2. The molecule has 2 aliphatic rings. The van der Waals surface area contributed by atoms with Crippen LogP contribution < -0.4 is 9.80 Å². The molecular formula is C43H49N5O4. The molecule has 0 spiro atoms. The maximum Gasteiger partial charge on any atom is 0.264 e. The van der Waals surface area contributed by atoms with E-state index in [0.29, 0.717) is 55.0 Å². The highest BCUT2D eigenvalue weighted by Crippen LogP contribution is 2.48. The number of nitrogens with zero attached hydrogens (tertiary/aromatic N) is 5. The third-order valence-corrected chi connectivity index (χ3v) is 10.2. The Hall–Kier alpha value is -5.12. The first-order chi connectivity index (χ1) is 25.1. The summed E-state index contributed by atoms with van der Waals surface area (Å²) in [5.74, 6) is -1.23. The maximum atomic E-state index is 14.3. The minimum absolute atomic E-state index is 0.0171. The Morgan fingerprint density at radius 2 is 1.71 bits per heavy atom. The Morgan fingerprint density at radius 1 is 0.942 bits per heavy atom. The highest BCUT2D eigenvalue weighted by Gasteiger charge is 2.52. The van der Waals surface area contributed by atoms with Crippen LogP contribution in [0.3, 0.4) is 0 Å². The van der Waals surface area contributed by atoms with Gasteiger partial charge in [0.25, 0.3) is 5.91 Å². The molecule has 0 radical (unpaired) electrons. The summed E-state index contributed by atoms with van der Waals surface area (Å²) in [7, 11) is 0. The molecule has 3 atom stereocenters. The molecule has 0 bridgehead atoms. The number of para-hydroxylation sites is 1. The molecule has 6 rings (SSSR count). The van der Waals surface area contributed by atoms with Gasteiger partial charge in [-0.05, 0) is 81.8 Å². The number of anilines is 3. The fourth-order valence-corrected chi connectivity index (χ4v) is 7.19. The summed E-state index contributed by atoms with van der Waals surface area (Å²) in [4.78, 5) is 31.1. The predicted molar refractivity (Wildman–Crippen MR) is 205 cm³/mol. The van der Waals surface area contributed by atoms with E-state index < -0.39 is 11.5 Å². The van der Waals surface area contributed by atoms with Crippen molar-refractivity contribution in [1.29, 1.82) is 0 Å². The Balaban J connectivity index is 1.25. The maximum absolute atomic E-state index is 14.3. The van der Waals surface area contributed by atoms with Crippen molar-refractivity contribution in [3.8, 4) is 0 Å². The summed E-state index contributed by atoms with van der Waals surface area (Å²) in [5.41, 5.74) is 5.97. The number of benzene rings is 3. The van der Waals surface area contributed by atoms with Crippen LogP contribution in [0, 0.1) is 5.92 Å². The van der Waals surface area contributed by atoms with E-state index in [1.165, 1.54) is 11.1 Å². The third-order valence-electron chi connectivity index (χ3n) is 10.2. The van der Waals surface area contributed by atoms with E-state index in [0.717, 1.165) is 29.7 Å². The van der Waals surface area contributed by atoms with Crippen LogP contribution in [0.15, 0.2) is 114 Å². The number of aliphatic hydroxyl groups is 2. The molecule has 1 unspecified atom stereocenters. The zero-order valence-corrected chi connectivity index (χ0v) is 30.6. The topological polar surface area (TPSA) is 112 Å². The lowest BCUT2D eigenvalue weighted by molar-refractivity contribution is -0.139. The van der Waals surface area contributed by atoms with Crippen LogP contribution in [-0.2, 0) is 28.2 Å². The van der Waals surface area contributed by atoms with Gasteiger partial charge in [-0.2, -0.15) is 0 Å². The van der Waals surface area contributed by atoms with Gasteiger partial charge in [0.15, 0.2) is 5.60 Å². The van der Waals surface area contributed by atoms with Crippen LogP contribution in [0.5, 0.6) is 0 Å². The molecule has 9 heteroatoms. The van der Waals surface area contributed by atoms with Crippen LogP contribution in [0.2, 0.25) is 0 Å². The average Bonchev–Trinajstić information content (AvgIpc) is 3.69. The largest absolute Gasteiger partial charge is 0.395 e. The van der Waals surface area contributed by atoms with E-state index in [1.807, 2.05) is 98.1 Å². The van der Waals surface area contributed by atoms with Gasteiger partial charge in [0.1, 0.15) is 0 Å². The van der Waals surface area contributed by atoms with E-state index in [-0.39, 0.29) is 24.3 Å². The number of fused-ring (bicyclic) bond motifs is 2. The molecule has 0 aliphatic carbocycles. The number of hydrogen-bond donors (Lipinski definition) is 2. The average molecular weight is 700 g/mol. The van der Waals surface area contributed by atoms with Gasteiger partial charge in [0.05, 0.1) is 29.6 Å². The molecule has 3 aromatic carbocycles. The summed E-state index contributed by atoms with van der Waals surface area (Å²) < 4.78 is 1.74. The lowest BCUT2D eigenvalue weighted by Gasteiger charge is -2.31. The van der Waals surface area contributed by atoms with Gasteiger partial charge in [-0.15, -0.1) is 5.10 Å². The number of aromatic nitrogens is 3. The van der Waals surface area contributed by atoms with Crippen molar-refractivity contribution in [3.63, 3.8) is 0 Å². The van der Waals surface area contributed by atoms with Crippen LogP contribution in [0.1, 0.15) is 81.7 Å². The van der Waals surface area contributed by atoms with E-state index in [4.69, 9.17) is 0 Å². The van der Waals surface area contributed by atoms with Crippen LogP contribution in [0.4, 0.5) is 17.1 Å². The number of rotatable bonds is 14. The Kier molecular flexibility index (Phi) is 11.3. The van der Waals surface area contributed by atoms with Gasteiger partial charge >= 0.3 is 0 Å². The molecule has 2 N–H and O–H groups in total. The first-order valence-corrected chi connectivity index (χ1v) is 18.2. The molecule has 1 aromatic heterocycles. The molecule has 2 aliphatic heterocycles. The number of hydrogen-bond acceptors (Lipinski definition) is 6. The number of amides is 2. The fraction of sp³-hybridized carbons (Fsp3) is 0.349. The van der Waals surface area contributed by atoms with Gasteiger partial charge in [-0.1, -0.05) is 96.1 Å². The van der Waals surface area contributed by atoms with Crippen molar-refractivity contribution in [2.24, 2.45) is 5.92 Å². The van der Waals surface area contributed by atoms with Crippen molar-refractivity contribution in [2.75, 3.05) is 23.0 Å². The smallest absolute Gasteiger partial charge is 0.264 e. The van der Waals surface area contributed by atoms with Crippen molar-refractivity contribution in [2.45, 2.75) is 77.9 Å². The second-order valence-corrected chi connectivity index (χ2v) is 14.2. The van der Waals surface area contributed by atoms with E-state index in [1.54, 1.807) is 14.5 Å². The van der Waals surface area contributed by atoms with Crippen molar-refractivity contribution >= 4 is 28.9 Å². The van der Waals surface area contributed by atoms with Crippen molar-refractivity contribution in [1.82, 2.24) is 15.0 Å². The van der Waals surface area contributed by atoms with Crippen molar-refractivity contribution < 1.29 is 19.8 Å². The second-order valence-electron chi connectivity index (χ2n) is 14.2. The summed E-state index contributed by atoms with van der Waals surface area (Å²) in [5, 5.41) is 31.1. The second kappa shape index (κ2) is 16.0. The summed E-state index contributed by atoms with van der Waals surface area (Å²) in [6, 6.07) is 23.2. The number of aliphatic hydroxyl groups excluding tert-OH is 1. The number of carbonyl (C=O) groups excluding carboxylic acids is 2. The number of allylic oxidation sites excluding steroid dienone is 4. The normalized spacial score (nSPS) is 18.5. The molecule has 0 saturated carbocycles. The van der Waals surface area contributed by atoms with Gasteiger partial charge in [-0.25, -0.2) is 0 Å². The van der Waals surface area contributed by atoms with Gasteiger partial charge < -0.3 is 15.1 Å². The van der Waals surface area contributed by atoms with Crippen LogP contribution >= 0.6 is 0 Å². The summed E-state index contributed by atoms with van der Waals surface area (Å²) in [6.07, 6.45) is 13.5. The molecule has 0 fully saturated rings. The molecule has 0 saturated heterocycles. The zero-order chi connectivity index (χ0) is 36.8.